The van der Waals surface area contributed by atoms with Crippen LogP contribution in [0, 0.1) is 11.3 Å². The van der Waals surface area contributed by atoms with Crippen molar-refractivity contribution in [3.05, 3.63) is 29.3 Å². The van der Waals surface area contributed by atoms with E-state index in [-0.39, 0.29) is 12.1 Å². The quantitative estimate of drug-likeness (QED) is 0.379. The Bertz CT molecular complexity index is 605. The number of β-amino-alcohol motifs (C(OH)–C–C–N with tert-alkyl or cyclic N) is 1. The summed E-state index contributed by atoms with van der Waals surface area (Å²) >= 11 is 0. The first-order valence-electron chi connectivity index (χ1n) is 11.1. The minimum Gasteiger partial charge on any atom is -0.489 e. The molecule has 1 aromatic rings. The van der Waals surface area contributed by atoms with Crippen molar-refractivity contribution in [2.24, 2.45) is 0 Å². The molecule has 0 heterocycles. The van der Waals surface area contributed by atoms with Crippen LogP contribution in [0.4, 0.5) is 0 Å². The molecule has 0 saturated heterocycles. The predicted molar refractivity (Wildman–Crippen MR) is 118 cm³/mol. The van der Waals surface area contributed by atoms with E-state index < -0.39 is 6.10 Å². The molecule has 0 aliphatic carbocycles. The summed E-state index contributed by atoms with van der Waals surface area (Å²) in [6.45, 7) is 7.06. The monoisotopic (exact) mass is 404 g/mol. The molecule has 0 bridgehead atoms. The molecule has 0 aliphatic rings. The number of aliphatic hydroxyl groups is 2. The highest BCUT2D eigenvalue weighted by atomic mass is 16.5. The molecule has 0 spiro atoms. The Kier molecular flexibility index (Phi) is 12.6. The van der Waals surface area contributed by atoms with Crippen molar-refractivity contribution >= 4 is 0 Å². The van der Waals surface area contributed by atoms with Crippen LogP contribution < -0.4 is 10.1 Å². The number of unbranched alkanes of at least 4 members (excludes halogenated alkanes) is 7. The third-order valence-electron chi connectivity index (χ3n) is 4.84. The maximum atomic E-state index is 10.1. The van der Waals surface area contributed by atoms with Gasteiger partial charge in [0.05, 0.1) is 5.56 Å². The van der Waals surface area contributed by atoms with Gasteiger partial charge in [-0.2, -0.15) is 5.26 Å². The number of benzene rings is 1. The molecular formula is C24H40N2O3. The lowest BCUT2D eigenvalue weighted by molar-refractivity contribution is 0.0999. The lowest BCUT2D eigenvalue weighted by Gasteiger charge is -2.23. The number of aliphatic hydroxyl groups excluding tert-OH is 2. The maximum Gasteiger partial charge on any atom is 0.137 e. The molecule has 5 nitrogen and oxygen atoms in total. The maximum absolute atomic E-state index is 10.1. The molecule has 29 heavy (non-hydrogen) atoms. The average molecular weight is 405 g/mol. The van der Waals surface area contributed by atoms with Gasteiger partial charge in [-0.25, -0.2) is 0 Å². The highest BCUT2D eigenvalue weighted by Gasteiger charge is 2.13. The van der Waals surface area contributed by atoms with Crippen LogP contribution in [-0.4, -0.2) is 41.6 Å². The van der Waals surface area contributed by atoms with Gasteiger partial charge in [0.15, 0.2) is 0 Å². The number of rotatable bonds is 15. The molecule has 0 aromatic heterocycles. The highest BCUT2D eigenvalue weighted by Crippen LogP contribution is 2.21. The Hall–Kier alpha value is -1.61. The van der Waals surface area contributed by atoms with Gasteiger partial charge in [-0.3, -0.25) is 0 Å². The third kappa shape index (κ3) is 12.5. The second-order valence-electron chi connectivity index (χ2n) is 8.84. The molecule has 5 heteroatoms. The summed E-state index contributed by atoms with van der Waals surface area (Å²) in [6.07, 6.45) is 9.70. The summed E-state index contributed by atoms with van der Waals surface area (Å²) in [7, 11) is 0. The molecule has 0 unspecified atom stereocenters. The fraction of sp³-hybridized carbons (Fsp3) is 0.708. The van der Waals surface area contributed by atoms with E-state index in [4.69, 9.17) is 9.84 Å². The second kappa shape index (κ2) is 14.4. The topological polar surface area (TPSA) is 85.5 Å². The number of hydrogen-bond donors (Lipinski definition) is 3. The fourth-order valence-electron chi connectivity index (χ4n) is 3.12. The van der Waals surface area contributed by atoms with Crippen molar-refractivity contribution in [1.82, 2.24) is 5.32 Å². The highest BCUT2D eigenvalue weighted by molar-refractivity contribution is 5.45. The minimum atomic E-state index is -0.621. The predicted octanol–water partition coefficient (Wildman–Crippen LogP) is 4.34. The molecule has 0 amide bonds. The van der Waals surface area contributed by atoms with E-state index >= 15 is 0 Å². The molecule has 0 radical (unpaired) electrons. The van der Waals surface area contributed by atoms with Gasteiger partial charge >= 0.3 is 0 Å². The van der Waals surface area contributed by atoms with Gasteiger partial charge in [0.2, 0.25) is 0 Å². The van der Waals surface area contributed by atoms with Crippen LogP contribution >= 0.6 is 0 Å². The van der Waals surface area contributed by atoms with Crippen LogP contribution in [0.5, 0.6) is 5.75 Å². The molecule has 1 aromatic carbocycles. The van der Waals surface area contributed by atoms with E-state index in [0.29, 0.717) is 24.5 Å². The standard InChI is InChI=1S/C24H40N2O3/c1-24(2,3)26-18-22(28)19-29-23-14-13-20(16-21(23)17-25)12-10-8-6-4-5-7-9-11-15-27/h13-14,16,22,26-28H,4-12,15,18-19H2,1-3H3/t22-/m1/s1. The summed E-state index contributed by atoms with van der Waals surface area (Å²) in [5, 5.41) is 31.5. The first-order valence-corrected chi connectivity index (χ1v) is 11.1. The Morgan fingerprint density at radius 2 is 1.66 bits per heavy atom. The van der Waals surface area contributed by atoms with E-state index in [1.165, 1.54) is 32.1 Å². The molecule has 1 rings (SSSR count). The number of nitrogens with zero attached hydrogens (tertiary/aromatic N) is 1. The Balaban J connectivity index is 2.31. The molecule has 0 saturated carbocycles. The zero-order chi connectivity index (χ0) is 21.5. The number of hydrogen-bond acceptors (Lipinski definition) is 5. The molecule has 164 valence electrons. The van der Waals surface area contributed by atoms with Crippen molar-refractivity contribution in [3.63, 3.8) is 0 Å². The summed E-state index contributed by atoms with van der Waals surface area (Å²) in [5.74, 6) is 0.536. The van der Waals surface area contributed by atoms with Crippen molar-refractivity contribution in [2.75, 3.05) is 19.8 Å². The number of nitriles is 1. The van der Waals surface area contributed by atoms with Gasteiger partial charge < -0.3 is 20.3 Å². The van der Waals surface area contributed by atoms with Crippen LogP contribution in [-0.2, 0) is 6.42 Å². The molecule has 1 atom stereocenters. The van der Waals surface area contributed by atoms with Crippen LogP contribution in [0.1, 0.15) is 83.3 Å². The van der Waals surface area contributed by atoms with Crippen molar-refractivity contribution in [2.45, 2.75) is 90.2 Å². The van der Waals surface area contributed by atoms with Crippen LogP contribution in [0.25, 0.3) is 0 Å². The number of aryl methyl sites for hydroxylation is 1. The van der Waals surface area contributed by atoms with Gasteiger partial charge in [0, 0.05) is 18.7 Å². The zero-order valence-electron chi connectivity index (χ0n) is 18.5. The summed E-state index contributed by atoms with van der Waals surface area (Å²) in [6, 6.07) is 7.98. The summed E-state index contributed by atoms with van der Waals surface area (Å²) in [5.41, 5.74) is 1.63. The summed E-state index contributed by atoms with van der Waals surface area (Å²) in [4.78, 5) is 0. The fourth-order valence-corrected chi connectivity index (χ4v) is 3.12. The van der Waals surface area contributed by atoms with E-state index in [1.807, 2.05) is 39.0 Å². The first kappa shape index (κ1) is 25.4. The molecular weight excluding hydrogens is 364 g/mol. The third-order valence-corrected chi connectivity index (χ3v) is 4.84. The average Bonchev–Trinajstić information content (AvgIpc) is 2.69. The van der Waals surface area contributed by atoms with Gasteiger partial charge in [-0.15, -0.1) is 0 Å². The largest absolute Gasteiger partial charge is 0.489 e. The first-order chi connectivity index (χ1) is 13.9. The normalized spacial score (nSPS) is 12.6. The molecule has 0 aliphatic heterocycles. The van der Waals surface area contributed by atoms with E-state index in [1.54, 1.807) is 0 Å². The van der Waals surface area contributed by atoms with Gasteiger partial charge in [-0.1, -0.05) is 44.6 Å². The minimum absolute atomic E-state index is 0.0552. The Morgan fingerprint density at radius 3 is 2.24 bits per heavy atom. The number of ether oxygens (including phenoxy) is 1. The van der Waals surface area contributed by atoms with E-state index in [0.717, 1.165) is 31.2 Å². The van der Waals surface area contributed by atoms with E-state index in [2.05, 4.69) is 11.4 Å². The van der Waals surface area contributed by atoms with Crippen LogP contribution in [0.3, 0.4) is 0 Å². The van der Waals surface area contributed by atoms with Crippen LogP contribution in [0.15, 0.2) is 18.2 Å². The molecule has 0 fully saturated rings. The zero-order valence-corrected chi connectivity index (χ0v) is 18.5. The van der Waals surface area contributed by atoms with Gasteiger partial charge in [0.1, 0.15) is 24.5 Å². The van der Waals surface area contributed by atoms with Crippen molar-refractivity contribution in [3.8, 4) is 11.8 Å². The molecule has 3 N–H and O–H groups in total. The van der Waals surface area contributed by atoms with Gasteiger partial charge in [0.25, 0.3) is 0 Å². The second-order valence-corrected chi connectivity index (χ2v) is 8.84. The Labute approximate surface area is 177 Å². The SMILES string of the molecule is CC(C)(C)NC[C@@H](O)COc1ccc(CCCCCCCCCCO)cc1C#N. The smallest absolute Gasteiger partial charge is 0.137 e. The lowest BCUT2D eigenvalue weighted by atomic mass is 10.0. The number of nitrogens with one attached hydrogen (secondary N) is 1. The lowest BCUT2D eigenvalue weighted by Crippen LogP contribution is -2.42. The Morgan fingerprint density at radius 1 is 1.03 bits per heavy atom. The van der Waals surface area contributed by atoms with Crippen molar-refractivity contribution in [1.29, 1.82) is 5.26 Å². The summed E-state index contributed by atoms with van der Waals surface area (Å²) < 4.78 is 5.68. The van der Waals surface area contributed by atoms with Crippen molar-refractivity contribution < 1.29 is 14.9 Å². The van der Waals surface area contributed by atoms with Gasteiger partial charge in [-0.05, 0) is 57.7 Å². The van der Waals surface area contributed by atoms with E-state index in [9.17, 15) is 10.4 Å². The van der Waals surface area contributed by atoms with Crippen LogP contribution in [0.2, 0.25) is 0 Å².